The number of carbonyl (C=O) groups excluding carboxylic acids is 1. The maximum absolute atomic E-state index is 12.9. The lowest BCUT2D eigenvalue weighted by Gasteiger charge is -2.06. The molecule has 3 nitrogen and oxygen atoms in total. The molecule has 18 heavy (non-hydrogen) atoms. The summed E-state index contributed by atoms with van der Waals surface area (Å²) in [6.45, 7) is 3.52. The summed E-state index contributed by atoms with van der Waals surface area (Å²) in [7, 11) is 0. The lowest BCUT2D eigenvalue weighted by Crippen LogP contribution is -2.34. The molecule has 100 valence electrons. The highest BCUT2D eigenvalue weighted by molar-refractivity contribution is 6.30. The molecule has 0 aromatic heterocycles. The van der Waals surface area contributed by atoms with Crippen molar-refractivity contribution >= 4 is 17.5 Å². The fraction of sp³-hybridized carbons (Fsp3) is 0.462. The summed E-state index contributed by atoms with van der Waals surface area (Å²) in [5.41, 5.74) is 0.850. The topological polar surface area (TPSA) is 41.1 Å². The molecule has 5 heteroatoms. The van der Waals surface area contributed by atoms with Crippen molar-refractivity contribution in [2.75, 3.05) is 13.1 Å². The molecule has 1 aromatic rings. The number of hydrogen-bond donors (Lipinski definition) is 2. The smallest absolute Gasteiger partial charge is 0.233 e. The minimum absolute atomic E-state index is 0.0309. The number of rotatable bonds is 7. The normalized spacial score (nSPS) is 10.4. The number of hydrogen-bond acceptors (Lipinski definition) is 2. The summed E-state index contributed by atoms with van der Waals surface area (Å²) in [5, 5.41) is 5.88. The van der Waals surface area contributed by atoms with Gasteiger partial charge in [0.15, 0.2) is 0 Å². The van der Waals surface area contributed by atoms with Gasteiger partial charge in [0.05, 0.1) is 11.6 Å². The molecule has 2 N–H and O–H groups in total. The van der Waals surface area contributed by atoms with Crippen molar-refractivity contribution in [3.05, 3.63) is 34.6 Å². The quantitative estimate of drug-likeness (QED) is 0.749. The van der Waals surface area contributed by atoms with Crippen molar-refractivity contribution in [3.63, 3.8) is 0 Å². The standard InChI is InChI=1S/C13H18ClFN2O/c1-2-3-6-17-13(18)9-16-8-10-4-5-12(15)11(14)7-10/h4-5,7,16H,2-3,6,8-9H2,1H3,(H,17,18). The van der Waals surface area contributed by atoms with E-state index in [1.807, 2.05) is 0 Å². The van der Waals surface area contributed by atoms with E-state index in [-0.39, 0.29) is 17.5 Å². The molecule has 0 spiro atoms. The Labute approximate surface area is 112 Å². The van der Waals surface area contributed by atoms with E-state index in [9.17, 15) is 9.18 Å². The number of nitrogens with one attached hydrogen (secondary N) is 2. The van der Waals surface area contributed by atoms with Crippen LogP contribution in [0, 0.1) is 5.82 Å². The van der Waals surface area contributed by atoms with Crippen LogP contribution in [0.2, 0.25) is 5.02 Å². The average molecular weight is 273 g/mol. The van der Waals surface area contributed by atoms with Gasteiger partial charge in [0.1, 0.15) is 5.82 Å². The average Bonchev–Trinajstić information content (AvgIpc) is 2.34. The first kappa shape index (κ1) is 14.9. The van der Waals surface area contributed by atoms with Gasteiger partial charge in [-0.15, -0.1) is 0 Å². The van der Waals surface area contributed by atoms with Gasteiger partial charge in [-0.05, 0) is 24.1 Å². The number of carbonyl (C=O) groups is 1. The Balaban J connectivity index is 2.24. The fourth-order valence-corrected chi connectivity index (χ4v) is 1.64. The maximum atomic E-state index is 12.9. The first-order valence-corrected chi connectivity index (χ1v) is 6.42. The SMILES string of the molecule is CCCCNC(=O)CNCc1ccc(F)c(Cl)c1. The highest BCUT2D eigenvalue weighted by Gasteiger charge is 2.02. The molecule has 0 bridgehead atoms. The van der Waals surface area contributed by atoms with E-state index in [1.54, 1.807) is 12.1 Å². The van der Waals surface area contributed by atoms with Gasteiger partial charge in [-0.1, -0.05) is 31.0 Å². The molecular formula is C13H18ClFN2O. The highest BCUT2D eigenvalue weighted by atomic mass is 35.5. The van der Waals surface area contributed by atoms with Crippen LogP contribution in [0.4, 0.5) is 4.39 Å². The Kier molecular flexibility index (Phi) is 6.68. The van der Waals surface area contributed by atoms with E-state index in [2.05, 4.69) is 17.6 Å². The second kappa shape index (κ2) is 8.06. The van der Waals surface area contributed by atoms with Crippen molar-refractivity contribution in [2.24, 2.45) is 0 Å². The second-order valence-corrected chi connectivity index (χ2v) is 4.46. The van der Waals surface area contributed by atoms with E-state index >= 15 is 0 Å². The summed E-state index contributed by atoms with van der Waals surface area (Å²) in [6.07, 6.45) is 2.04. The van der Waals surface area contributed by atoms with Gasteiger partial charge in [-0.3, -0.25) is 4.79 Å². The summed E-state index contributed by atoms with van der Waals surface area (Å²) < 4.78 is 12.9. The number of halogens is 2. The molecule has 0 fully saturated rings. The van der Waals surface area contributed by atoms with Crippen molar-refractivity contribution < 1.29 is 9.18 Å². The largest absolute Gasteiger partial charge is 0.355 e. The maximum Gasteiger partial charge on any atom is 0.233 e. The Morgan fingerprint density at radius 1 is 1.44 bits per heavy atom. The van der Waals surface area contributed by atoms with Crippen LogP contribution in [0.3, 0.4) is 0 Å². The third-order valence-electron chi connectivity index (χ3n) is 2.45. The molecule has 0 saturated carbocycles. The molecule has 0 saturated heterocycles. The van der Waals surface area contributed by atoms with Crippen LogP contribution in [-0.4, -0.2) is 19.0 Å². The zero-order valence-corrected chi connectivity index (χ0v) is 11.2. The first-order chi connectivity index (χ1) is 8.63. The number of benzene rings is 1. The van der Waals surface area contributed by atoms with Gasteiger partial charge in [-0.2, -0.15) is 0 Å². The van der Waals surface area contributed by atoms with Crippen molar-refractivity contribution in [1.82, 2.24) is 10.6 Å². The number of unbranched alkanes of at least 4 members (excludes halogenated alkanes) is 1. The molecule has 0 aliphatic heterocycles. The zero-order chi connectivity index (χ0) is 13.4. The van der Waals surface area contributed by atoms with Gasteiger partial charge < -0.3 is 10.6 Å². The predicted octanol–water partition coefficient (Wildman–Crippen LogP) is 2.49. The summed E-state index contributed by atoms with van der Waals surface area (Å²) in [4.78, 5) is 11.4. The minimum atomic E-state index is -0.433. The van der Waals surface area contributed by atoms with Crippen molar-refractivity contribution in [3.8, 4) is 0 Å². The number of amides is 1. The molecule has 0 unspecified atom stereocenters. The Morgan fingerprint density at radius 2 is 2.22 bits per heavy atom. The zero-order valence-electron chi connectivity index (χ0n) is 10.4. The van der Waals surface area contributed by atoms with Crippen molar-refractivity contribution in [1.29, 1.82) is 0 Å². The molecular weight excluding hydrogens is 255 g/mol. The van der Waals surface area contributed by atoms with Crippen LogP contribution in [0.5, 0.6) is 0 Å². The summed E-state index contributed by atoms with van der Waals surface area (Å²) >= 11 is 5.66. The van der Waals surface area contributed by atoms with Gasteiger partial charge in [0.25, 0.3) is 0 Å². The molecule has 1 amide bonds. The molecule has 0 atom stereocenters. The molecule has 0 aliphatic rings. The van der Waals surface area contributed by atoms with E-state index in [4.69, 9.17) is 11.6 Å². The molecule has 0 heterocycles. The van der Waals surface area contributed by atoms with Gasteiger partial charge >= 0.3 is 0 Å². The van der Waals surface area contributed by atoms with Gasteiger partial charge in [0.2, 0.25) is 5.91 Å². The lowest BCUT2D eigenvalue weighted by molar-refractivity contribution is -0.120. The lowest BCUT2D eigenvalue weighted by atomic mass is 10.2. The Bertz CT molecular complexity index is 399. The molecule has 1 aromatic carbocycles. The molecule has 1 rings (SSSR count). The Morgan fingerprint density at radius 3 is 2.89 bits per heavy atom. The summed E-state index contributed by atoms with van der Waals surface area (Å²) in [5.74, 6) is -0.464. The third kappa shape index (κ3) is 5.47. The van der Waals surface area contributed by atoms with E-state index in [0.29, 0.717) is 13.1 Å². The molecule has 0 radical (unpaired) electrons. The van der Waals surface area contributed by atoms with Crippen LogP contribution in [0.25, 0.3) is 0 Å². The minimum Gasteiger partial charge on any atom is -0.355 e. The highest BCUT2D eigenvalue weighted by Crippen LogP contribution is 2.15. The monoisotopic (exact) mass is 272 g/mol. The van der Waals surface area contributed by atoms with E-state index < -0.39 is 5.82 Å². The van der Waals surface area contributed by atoms with Crippen LogP contribution in [-0.2, 0) is 11.3 Å². The second-order valence-electron chi connectivity index (χ2n) is 4.06. The van der Waals surface area contributed by atoms with Gasteiger partial charge in [-0.25, -0.2) is 4.39 Å². The van der Waals surface area contributed by atoms with Crippen LogP contribution >= 0.6 is 11.6 Å². The van der Waals surface area contributed by atoms with Crippen LogP contribution in [0.1, 0.15) is 25.3 Å². The van der Waals surface area contributed by atoms with Gasteiger partial charge in [0, 0.05) is 13.1 Å². The Hall–Kier alpha value is -1.13. The van der Waals surface area contributed by atoms with E-state index in [1.165, 1.54) is 6.07 Å². The van der Waals surface area contributed by atoms with Crippen LogP contribution in [0.15, 0.2) is 18.2 Å². The summed E-state index contributed by atoms with van der Waals surface area (Å²) in [6, 6.07) is 4.52. The molecule has 0 aliphatic carbocycles. The predicted molar refractivity (Wildman–Crippen MR) is 71.0 cm³/mol. The van der Waals surface area contributed by atoms with Crippen LogP contribution < -0.4 is 10.6 Å². The fourth-order valence-electron chi connectivity index (χ4n) is 1.44. The van der Waals surface area contributed by atoms with E-state index in [0.717, 1.165) is 18.4 Å². The first-order valence-electron chi connectivity index (χ1n) is 6.04. The third-order valence-corrected chi connectivity index (χ3v) is 2.74. The van der Waals surface area contributed by atoms with Crippen molar-refractivity contribution in [2.45, 2.75) is 26.3 Å².